The van der Waals surface area contributed by atoms with E-state index in [4.69, 9.17) is 15.2 Å². The van der Waals surface area contributed by atoms with E-state index in [0.717, 1.165) is 6.07 Å². The number of ether oxygens (including phenoxy) is 2. The lowest BCUT2D eigenvalue weighted by Gasteiger charge is -2.37. The van der Waals surface area contributed by atoms with Crippen LogP contribution in [0, 0.1) is 10.1 Å². The molecule has 1 aromatic carbocycles. The van der Waals surface area contributed by atoms with Crippen LogP contribution in [-0.4, -0.2) is 57.1 Å². The van der Waals surface area contributed by atoms with E-state index in [1.807, 2.05) is 0 Å². The van der Waals surface area contributed by atoms with Crippen molar-refractivity contribution in [3.8, 4) is 5.75 Å². The maximum absolute atomic E-state index is 13.0. The number of nitro benzene ring substituents is 1. The number of benzene rings is 1. The van der Waals surface area contributed by atoms with Crippen LogP contribution in [0.5, 0.6) is 5.75 Å². The van der Waals surface area contributed by atoms with Crippen molar-refractivity contribution in [3.05, 3.63) is 28.3 Å². The molecular weight excluding hydrogens is 374 g/mol. The number of non-ortho nitro benzene ring substituents is 1. The van der Waals surface area contributed by atoms with Crippen LogP contribution in [0.4, 0.5) is 5.69 Å². The molecule has 1 fully saturated rings. The first-order valence-corrected chi connectivity index (χ1v) is 8.86. The summed E-state index contributed by atoms with van der Waals surface area (Å²) in [4.78, 5) is 10.1. The van der Waals surface area contributed by atoms with Gasteiger partial charge in [-0.05, 0) is 18.9 Å². The molecule has 1 aliphatic rings. The van der Waals surface area contributed by atoms with Gasteiger partial charge in [0.05, 0.1) is 18.1 Å². The third-order valence-electron chi connectivity index (χ3n) is 4.16. The fourth-order valence-electron chi connectivity index (χ4n) is 2.84. The molecule has 1 saturated heterocycles. The average molecular weight is 396 g/mol. The van der Waals surface area contributed by atoms with E-state index in [9.17, 15) is 18.5 Å². The Kier molecular flexibility index (Phi) is 7.57. The highest BCUT2D eigenvalue weighted by molar-refractivity contribution is 7.89. The van der Waals surface area contributed by atoms with E-state index in [1.54, 1.807) is 7.11 Å². The molecule has 0 aromatic heterocycles. The van der Waals surface area contributed by atoms with E-state index in [1.165, 1.54) is 23.5 Å². The summed E-state index contributed by atoms with van der Waals surface area (Å²) < 4.78 is 37.7. The van der Waals surface area contributed by atoms with Gasteiger partial charge in [0, 0.05) is 38.4 Å². The molecular formula is C14H22ClN3O6S. The Morgan fingerprint density at radius 3 is 2.60 bits per heavy atom. The number of nitrogens with two attached hydrogens (primary N) is 1. The molecule has 25 heavy (non-hydrogen) atoms. The minimum Gasteiger partial charge on any atom is -0.495 e. The molecule has 9 nitrogen and oxygen atoms in total. The minimum absolute atomic E-state index is 0. The predicted molar refractivity (Wildman–Crippen MR) is 93.7 cm³/mol. The minimum atomic E-state index is -3.99. The zero-order chi connectivity index (χ0) is 17.9. The normalized spacial score (nSPS) is 21.4. The van der Waals surface area contributed by atoms with Gasteiger partial charge in [0.15, 0.2) is 0 Å². The Labute approximate surface area is 152 Å². The van der Waals surface area contributed by atoms with Crippen molar-refractivity contribution in [1.82, 2.24) is 4.31 Å². The van der Waals surface area contributed by atoms with Crippen LogP contribution in [0.1, 0.15) is 12.8 Å². The van der Waals surface area contributed by atoms with Crippen LogP contribution in [-0.2, 0) is 14.8 Å². The molecule has 2 rings (SSSR count). The van der Waals surface area contributed by atoms with Crippen molar-refractivity contribution in [3.63, 3.8) is 0 Å². The van der Waals surface area contributed by atoms with Crippen LogP contribution in [0.25, 0.3) is 0 Å². The number of piperidine rings is 1. The topological polar surface area (TPSA) is 125 Å². The number of methoxy groups -OCH3 is 2. The van der Waals surface area contributed by atoms with Gasteiger partial charge < -0.3 is 15.2 Å². The third-order valence-corrected chi connectivity index (χ3v) is 6.14. The van der Waals surface area contributed by atoms with Gasteiger partial charge in [-0.2, -0.15) is 4.31 Å². The van der Waals surface area contributed by atoms with Gasteiger partial charge >= 0.3 is 0 Å². The summed E-state index contributed by atoms with van der Waals surface area (Å²) in [5, 5.41) is 11.0. The Balaban J connectivity index is 0.00000312. The van der Waals surface area contributed by atoms with Crippen LogP contribution in [0.2, 0.25) is 0 Å². The van der Waals surface area contributed by atoms with Crippen molar-refractivity contribution in [2.45, 2.75) is 29.9 Å². The molecule has 0 amide bonds. The molecule has 0 saturated carbocycles. The lowest BCUT2D eigenvalue weighted by molar-refractivity contribution is -0.385. The second-order valence-electron chi connectivity index (χ2n) is 5.48. The lowest BCUT2D eigenvalue weighted by Crippen LogP contribution is -2.51. The van der Waals surface area contributed by atoms with Crippen molar-refractivity contribution in [2.75, 3.05) is 27.3 Å². The molecule has 1 heterocycles. The van der Waals surface area contributed by atoms with E-state index >= 15 is 0 Å². The number of rotatable bonds is 6. The van der Waals surface area contributed by atoms with E-state index in [2.05, 4.69) is 0 Å². The first-order chi connectivity index (χ1) is 11.3. The molecule has 11 heteroatoms. The van der Waals surface area contributed by atoms with Crippen molar-refractivity contribution < 1.29 is 22.8 Å². The van der Waals surface area contributed by atoms with Crippen LogP contribution >= 0.6 is 12.4 Å². The Bertz CT molecular complexity index is 715. The van der Waals surface area contributed by atoms with Crippen LogP contribution < -0.4 is 10.5 Å². The number of nitrogens with zero attached hydrogens (tertiary/aromatic N) is 2. The molecule has 0 aliphatic carbocycles. The van der Waals surface area contributed by atoms with Gasteiger partial charge in [0.2, 0.25) is 10.0 Å². The number of halogens is 1. The van der Waals surface area contributed by atoms with Gasteiger partial charge in [-0.1, -0.05) is 0 Å². The first kappa shape index (κ1) is 21.6. The van der Waals surface area contributed by atoms with Gasteiger partial charge in [0.25, 0.3) is 5.69 Å². The zero-order valence-corrected chi connectivity index (χ0v) is 15.6. The molecule has 2 N–H and O–H groups in total. The monoisotopic (exact) mass is 395 g/mol. The summed E-state index contributed by atoms with van der Waals surface area (Å²) in [6, 6.07) is 3.07. The van der Waals surface area contributed by atoms with Gasteiger partial charge in [-0.15, -0.1) is 12.4 Å². The molecule has 2 atom stereocenters. The van der Waals surface area contributed by atoms with E-state index < -0.39 is 21.0 Å². The maximum atomic E-state index is 13.0. The quantitative estimate of drug-likeness (QED) is 0.565. The predicted octanol–water partition coefficient (Wildman–Crippen LogP) is 1.15. The summed E-state index contributed by atoms with van der Waals surface area (Å²) in [6.07, 6.45) is 0.949. The second-order valence-corrected chi connectivity index (χ2v) is 7.34. The van der Waals surface area contributed by atoms with Crippen molar-refractivity contribution >= 4 is 28.1 Å². The van der Waals surface area contributed by atoms with Crippen molar-refractivity contribution in [2.24, 2.45) is 5.73 Å². The van der Waals surface area contributed by atoms with Gasteiger partial charge in [0.1, 0.15) is 10.6 Å². The summed E-state index contributed by atoms with van der Waals surface area (Å²) in [7, 11) is -1.09. The standard InChI is InChI=1S/C14H21N3O6S.ClH/c1-22-12-5-6-16(11(7-12)9-15)24(20,21)14-8-10(17(18)19)3-4-13(14)23-2;/h3-4,8,11-12H,5-7,9,15H2,1-2H3;1H. The molecule has 1 aliphatic heterocycles. The largest absolute Gasteiger partial charge is 0.495 e. The fourth-order valence-corrected chi connectivity index (χ4v) is 4.68. The summed E-state index contributed by atoms with van der Waals surface area (Å²) in [5.41, 5.74) is 5.42. The lowest BCUT2D eigenvalue weighted by atomic mass is 10.0. The summed E-state index contributed by atoms with van der Waals surface area (Å²) in [6.45, 7) is 0.366. The third kappa shape index (κ3) is 4.39. The number of hydrogen-bond donors (Lipinski definition) is 1. The van der Waals surface area contributed by atoms with Gasteiger partial charge in [-0.3, -0.25) is 10.1 Å². The highest BCUT2D eigenvalue weighted by Gasteiger charge is 2.38. The Morgan fingerprint density at radius 1 is 1.40 bits per heavy atom. The summed E-state index contributed by atoms with van der Waals surface area (Å²) >= 11 is 0. The molecule has 2 unspecified atom stereocenters. The smallest absolute Gasteiger partial charge is 0.271 e. The highest BCUT2D eigenvalue weighted by atomic mass is 35.5. The SMILES string of the molecule is COc1ccc([N+](=O)[O-])cc1S(=O)(=O)N1CCC(OC)CC1CN.Cl. The first-order valence-electron chi connectivity index (χ1n) is 7.42. The molecule has 0 radical (unpaired) electrons. The maximum Gasteiger partial charge on any atom is 0.271 e. The zero-order valence-electron chi connectivity index (χ0n) is 14.0. The second kappa shape index (κ2) is 8.77. The number of hydrogen-bond acceptors (Lipinski definition) is 7. The number of sulfonamides is 1. The number of nitro groups is 1. The average Bonchev–Trinajstić information content (AvgIpc) is 2.60. The van der Waals surface area contributed by atoms with E-state index in [-0.39, 0.29) is 47.9 Å². The summed E-state index contributed by atoms with van der Waals surface area (Å²) in [5.74, 6) is 0.0604. The van der Waals surface area contributed by atoms with Crippen LogP contribution in [0.3, 0.4) is 0 Å². The fraction of sp³-hybridized carbons (Fsp3) is 0.571. The van der Waals surface area contributed by atoms with Crippen LogP contribution in [0.15, 0.2) is 23.1 Å². The van der Waals surface area contributed by atoms with E-state index in [0.29, 0.717) is 12.8 Å². The van der Waals surface area contributed by atoms with Gasteiger partial charge in [-0.25, -0.2) is 8.42 Å². The Hall–Kier alpha value is -1.46. The molecule has 1 aromatic rings. The Morgan fingerprint density at radius 2 is 2.08 bits per heavy atom. The molecule has 0 bridgehead atoms. The van der Waals surface area contributed by atoms with Crippen molar-refractivity contribution in [1.29, 1.82) is 0 Å². The molecule has 0 spiro atoms. The highest BCUT2D eigenvalue weighted by Crippen LogP contribution is 2.33. The molecule has 142 valence electrons.